The number of esters is 1. The third-order valence-electron chi connectivity index (χ3n) is 4.68. The van der Waals surface area contributed by atoms with Crippen LogP contribution in [0.1, 0.15) is 35.3 Å². The number of nitrogens with one attached hydrogen (secondary N) is 1. The van der Waals surface area contributed by atoms with E-state index in [2.05, 4.69) is 5.32 Å². The second-order valence-corrected chi connectivity index (χ2v) is 8.57. The Morgan fingerprint density at radius 2 is 1.76 bits per heavy atom. The zero-order chi connectivity index (χ0) is 21.8. The van der Waals surface area contributed by atoms with Gasteiger partial charge in [-0.25, -0.2) is 13.2 Å². The van der Waals surface area contributed by atoms with Crippen LogP contribution in [0.4, 0.5) is 11.4 Å². The van der Waals surface area contributed by atoms with Crippen LogP contribution in [-0.4, -0.2) is 39.7 Å². The molecule has 2 aromatic carbocycles. The maximum Gasteiger partial charge on any atom is 0.338 e. The number of methoxy groups -OCH3 is 1. The van der Waals surface area contributed by atoms with Gasteiger partial charge in [-0.1, -0.05) is 25.1 Å². The number of carbonyl (C=O) groups is 2. The van der Waals surface area contributed by atoms with E-state index in [0.29, 0.717) is 22.5 Å². The summed E-state index contributed by atoms with van der Waals surface area (Å²) < 4.78 is 30.7. The van der Waals surface area contributed by atoms with Gasteiger partial charge in [-0.3, -0.25) is 9.10 Å². The van der Waals surface area contributed by atoms with Gasteiger partial charge in [0.25, 0.3) is 0 Å². The van der Waals surface area contributed by atoms with Gasteiger partial charge in [0.1, 0.15) is 6.04 Å². The molecule has 2 rings (SSSR count). The first-order chi connectivity index (χ1) is 13.6. The van der Waals surface area contributed by atoms with Gasteiger partial charge in [0.05, 0.1) is 24.6 Å². The molecular weight excluding hydrogens is 392 g/mol. The molecule has 0 saturated heterocycles. The molecule has 0 radical (unpaired) electrons. The van der Waals surface area contributed by atoms with Gasteiger partial charge in [-0.2, -0.15) is 0 Å². The fraction of sp³-hybridized carbons (Fsp3) is 0.333. The lowest BCUT2D eigenvalue weighted by atomic mass is 10.1. The van der Waals surface area contributed by atoms with E-state index < -0.39 is 27.9 Å². The molecular formula is C21H26N2O5S. The minimum Gasteiger partial charge on any atom is -0.465 e. The molecule has 0 spiro atoms. The number of sulfonamides is 1. The normalized spacial score (nSPS) is 12.2. The van der Waals surface area contributed by atoms with Crippen LogP contribution in [0.3, 0.4) is 0 Å². The summed E-state index contributed by atoms with van der Waals surface area (Å²) in [5.74, 6) is -1.03. The Kier molecular flexibility index (Phi) is 7.02. The van der Waals surface area contributed by atoms with Gasteiger partial charge in [0, 0.05) is 5.69 Å². The molecule has 29 heavy (non-hydrogen) atoms. The first-order valence-corrected chi connectivity index (χ1v) is 11.0. The predicted octanol–water partition coefficient (Wildman–Crippen LogP) is 3.14. The monoisotopic (exact) mass is 418 g/mol. The molecule has 0 saturated carbocycles. The van der Waals surface area contributed by atoms with Crippen molar-refractivity contribution in [3.8, 4) is 0 Å². The molecule has 0 aliphatic carbocycles. The van der Waals surface area contributed by atoms with Crippen LogP contribution in [0, 0.1) is 6.92 Å². The quantitative estimate of drug-likeness (QED) is 0.698. The Morgan fingerprint density at radius 3 is 2.28 bits per heavy atom. The summed E-state index contributed by atoms with van der Waals surface area (Å²) in [5, 5.41) is 2.72. The summed E-state index contributed by atoms with van der Waals surface area (Å²) in [4.78, 5) is 24.7. The Labute approximate surface area is 171 Å². The SMILES string of the molecule is CCc1ccc(N([C@@H](C)C(=O)Nc2cccc(C(=O)OC)c2C)S(C)(=O)=O)cc1. The zero-order valence-corrected chi connectivity index (χ0v) is 18.0. The van der Waals surface area contributed by atoms with Crippen LogP contribution in [-0.2, 0) is 26.0 Å². The summed E-state index contributed by atoms with van der Waals surface area (Å²) >= 11 is 0. The van der Waals surface area contributed by atoms with E-state index >= 15 is 0 Å². The minimum atomic E-state index is -3.71. The van der Waals surface area contributed by atoms with Crippen molar-refractivity contribution in [3.63, 3.8) is 0 Å². The molecule has 0 aromatic heterocycles. The van der Waals surface area contributed by atoms with Crippen molar-refractivity contribution >= 4 is 33.3 Å². The van der Waals surface area contributed by atoms with Gasteiger partial charge in [-0.15, -0.1) is 0 Å². The number of carbonyl (C=O) groups excluding carboxylic acids is 2. The summed E-state index contributed by atoms with van der Waals surface area (Å²) in [6.45, 7) is 5.21. The molecule has 0 unspecified atom stereocenters. The second-order valence-electron chi connectivity index (χ2n) is 6.71. The van der Waals surface area contributed by atoms with Crippen LogP contribution in [0.5, 0.6) is 0 Å². The van der Waals surface area contributed by atoms with Gasteiger partial charge in [-0.05, 0) is 55.7 Å². The van der Waals surface area contributed by atoms with Crippen LogP contribution in [0.2, 0.25) is 0 Å². The average molecular weight is 419 g/mol. The molecule has 1 N–H and O–H groups in total. The third-order valence-corrected chi connectivity index (χ3v) is 5.93. The van der Waals surface area contributed by atoms with Crippen molar-refractivity contribution in [2.45, 2.75) is 33.2 Å². The fourth-order valence-corrected chi connectivity index (χ4v) is 4.20. The first kappa shape index (κ1) is 22.4. The molecule has 0 heterocycles. The lowest BCUT2D eigenvalue weighted by molar-refractivity contribution is -0.116. The minimum absolute atomic E-state index is 0.327. The molecule has 0 fully saturated rings. The topological polar surface area (TPSA) is 92.8 Å². The summed E-state index contributed by atoms with van der Waals surface area (Å²) in [6.07, 6.45) is 1.89. The summed E-state index contributed by atoms with van der Waals surface area (Å²) in [7, 11) is -2.43. The zero-order valence-electron chi connectivity index (χ0n) is 17.2. The van der Waals surface area contributed by atoms with Gasteiger partial charge in [0.15, 0.2) is 0 Å². The van der Waals surface area contributed by atoms with Gasteiger partial charge in [0.2, 0.25) is 15.9 Å². The number of benzene rings is 2. The number of hydrogen-bond acceptors (Lipinski definition) is 5. The van der Waals surface area contributed by atoms with Crippen LogP contribution in [0.25, 0.3) is 0 Å². The largest absolute Gasteiger partial charge is 0.465 e. The van der Waals surface area contributed by atoms with Crippen LogP contribution < -0.4 is 9.62 Å². The van der Waals surface area contributed by atoms with E-state index in [4.69, 9.17) is 4.74 Å². The Bertz CT molecular complexity index is 1000. The molecule has 156 valence electrons. The Morgan fingerprint density at radius 1 is 1.14 bits per heavy atom. The van der Waals surface area contributed by atoms with E-state index in [1.807, 2.05) is 19.1 Å². The molecule has 1 atom stereocenters. The average Bonchev–Trinajstić information content (AvgIpc) is 2.68. The molecule has 0 bridgehead atoms. The van der Waals surface area contributed by atoms with E-state index in [1.165, 1.54) is 14.0 Å². The summed E-state index contributed by atoms with van der Waals surface area (Å²) in [5.41, 5.74) is 2.76. The van der Waals surface area contributed by atoms with Crippen molar-refractivity contribution in [3.05, 3.63) is 59.2 Å². The van der Waals surface area contributed by atoms with Gasteiger partial charge >= 0.3 is 5.97 Å². The van der Waals surface area contributed by atoms with Gasteiger partial charge < -0.3 is 10.1 Å². The lowest BCUT2D eigenvalue weighted by Crippen LogP contribution is -2.45. The number of aryl methyl sites for hydroxylation is 1. The van der Waals surface area contributed by atoms with Crippen molar-refractivity contribution < 1.29 is 22.7 Å². The Hall–Kier alpha value is -2.87. The van der Waals surface area contributed by atoms with Crippen molar-refractivity contribution in [2.24, 2.45) is 0 Å². The smallest absolute Gasteiger partial charge is 0.338 e. The highest BCUT2D eigenvalue weighted by Gasteiger charge is 2.29. The fourth-order valence-electron chi connectivity index (χ4n) is 3.03. The highest BCUT2D eigenvalue weighted by atomic mass is 32.2. The molecule has 7 nitrogen and oxygen atoms in total. The Balaban J connectivity index is 2.34. The number of anilines is 2. The maximum atomic E-state index is 12.9. The molecule has 1 amide bonds. The highest BCUT2D eigenvalue weighted by Crippen LogP contribution is 2.24. The van der Waals surface area contributed by atoms with E-state index in [0.717, 1.165) is 22.5 Å². The molecule has 0 aliphatic heterocycles. The molecule has 0 aliphatic rings. The molecule has 8 heteroatoms. The number of rotatable bonds is 7. The highest BCUT2D eigenvalue weighted by molar-refractivity contribution is 7.92. The standard InChI is InChI=1S/C21H26N2O5S/c1-6-16-10-12-17(13-11-16)23(29(5,26)27)15(3)20(24)22-19-9-7-8-18(14(19)2)21(25)28-4/h7-13,15H,6H2,1-5H3,(H,22,24)/t15-/m0/s1. The first-order valence-electron chi connectivity index (χ1n) is 9.17. The number of hydrogen-bond donors (Lipinski definition) is 1. The van der Waals surface area contributed by atoms with Crippen LogP contribution >= 0.6 is 0 Å². The summed E-state index contributed by atoms with van der Waals surface area (Å²) in [6, 6.07) is 10.9. The third kappa shape index (κ3) is 5.14. The lowest BCUT2D eigenvalue weighted by Gasteiger charge is -2.28. The molecule has 2 aromatic rings. The van der Waals surface area contributed by atoms with Crippen molar-refractivity contribution in [1.29, 1.82) is 0 Å². The van der Waals surface area contributed by atoms with Crippen molar-refractivity contribution in [2.75, 3.05) is 23.0 Å². The van der Waals surface area contributed by atoms with E-state index in [-0.39, 0.29) is 0 Å². The number of amides is 1. The predicted molar refractivity (Wildman–Crippen MR) is 114 cm³/mol. The number of ether oxygens (including phenoxy) is 1. The van der Waals surface area contributed by atoms with E-state index in [9.17, 15) is 18.0 Å². The maximum absolute atomic E-state index is 12.9. The van der Waals surface area contributed by atoms with Crippen molar-refractivity contribution in [1.82, 2.24) is 0 Å². The van der Waals surface area contributed by atoms with E-state index in [1.54, 1.807) is 37.3 Å². The number of nitrogens with zero attached hydrogens (tertiary/aromatic N) is 1. The van der Waals surface area contributed by atoms with Crippen LogP contribution in [0.15, 0.2) is 42.5 Å². The second kappa shape index (κ2) is 9.09.